The van der Waals surface area contributed by atoms with E-state index in [1.54, 1.807) is 11.8 Å². The minimum Gasteiger partial charge on any atom is -0.338 e. The molecular weight excluding hydrogens is 338 g/mol. The first-order valence-corrected chi connectivity index (χ1v) is 8.53. The Kier molecular flexibility index (Phi) is 4.75. The third kappa shape index (κ3) is 3.62. The quantitative estimate of drug-likeness (QED) is 0.843. The lowest BCUT2D eigenvalue weighted by atomic mass is 10.1. The van der Waals surface area contributed by atoms with Gasteiger partial charge in [0.1, 0.15) is 0 Å². The molecule has 1 atom stereocenters. The second-order valence-electron chi connectivity index (χ2n) is 4.79. The molecule has 1 aromatic carbocycles. The molecule has 6 heteroatoms. The number of aromatic nitrogens is 2. The molecule has 106 valence electrons. The number of hydrogen-bond donors (Lipinski definition) is 1. The average molecular weight is 354 g/mol. The molecule has 1 N–H and O–H groups in total. The van der Waals surface area contributed by atoms with Crippen LogP contribution in [-0.2, 0) is 5.75 Å². The maximum absolute atomic E-state index is 5.37. The zero-order chi connectivity index (χ0) is 13.8. The first-order valence-electron chi connectivity index (χ1n) is 6.75. The fraction of sp³-hybridized carbons (Fsp3) is 0.429. The molecule has 0 spiro atoms. The number of nitrogens with one attached hydrogen (secondary N) is 1. The molecule has 2 heterocycles. The molecule has 0 amide bonds. The van der Waals surface area contributed by atoms with Gasteiger partial charge in [-0.3, -0.25) is 0 Å². The van der Waals surface area contributed by atoms with Crippen molar-refractivity contribution in [2.75, 3.05) is 6.54 Å². The number of benzene rings is 1. The Morgan fingerprint density at radius 2 is 2.15 bits per heavy atom. The van der Waals surface area contributed by atoms with E-state index in [0.29, 0.717) is 0 Å². The van der Waals surface area contributed by atoms with Gasteiger partial charge in [0, 0.05) is 9.37 Å². The van der Waals surface area contributed by atoms with Crippen molar-refractivity contribution in [2.45, 2.75) is 36.0 Å². The number of piperidine rings is 1. The van der Waals surface area contributed by atoms with Gasteiger partial charge in [-0.05, 0) is 43.7 Å². The van der Waals surface area contributed by atoms with E-state index in [4.69, 9.17) is 4.52 Å². The van der Waals surface area contributed by atoms with Gasteiger partial charge in [0.15, 0.2) is 5.82 Å². The molecule has 1 aliphatic rings. The van der Waals surface area contributed by atoms with Crippen LogP contribution in [0, 0.1) is 0 Å². The van der Waals surface area contributed by atoms with Crippen molar-refractivity contribution in [1.29, 1.82) is 0 Å². The molecule has 0 bridgehead atoms. The summed E-state index contributed by atoms with van der Waals surface area (Å²) >= 11 is 5.15. The lowest BCUT2D eigenvalue weighted by Gasteiger charge is -2.19. The number of rotatable bonds is 4. The van der Waals surface area contributed by atoms with Gasteiger partial charge in [0.2, 0.25) is 5.89 Å². The highest BCUT2D eigenvalue weighted by atomic mass is 79.9. The van der Waals surface area contributed by atoms with Gasteiger partial charge in [-0.1, -0.05) is 27.5 Å². The largest absolute Gasteiger partial charge is 0.338 e. The number of hydrogen-bond acceptors (Lipinski definition) is 5. The first kappa shape index (κ1) is 14.1. The molecule has 3 rings (SSSR count). The van der Waals surface area contributed by atoms with Crippen molar-refractivity contribution < 1.29 is 4.52 Å². The summed E-state index contributed by atoms with van der Waals surface area (Å²) in [5.74, 6) is 2.23. The topological polar surface area (TPSA) is 51.0 Å². The summed E-state index contributed by atoms with van der Waals surface area (Å²) in [6.07, 6.45) is 3.54. The number of nitrogens with zero attached hydrogens (tertiary/aromatic N) is 2. The van der Waals surface area contributed by atoms with Crippen LogP contribution in [0.5, 0.6) is 0 Å². The highest BCUT2D eigenvalue weighted by Crippen LogP contribution is 2.25. The predicted octanol–water partition coefficient (Wildman–Crippen LogP) is 3.94. The van der Waals surface area contributed by atoms with Gasteiger partial charge in [-0.15, -0.1) is 11.8 Å². The Hall–Kier alpha value is -0.850. The van der Waals surface area contributed by atoms with Gasteiger partial charge >= 0.3 is 0 Å². The van der Waals surface area contributed by atoms with E-state index in [0.717, 1.165) is 34.9 Å². The van der Waals surface area contributed by atoms with Gasteiger partial charge in [0.05, 0.1) is 11.8 Å². The van der Waals surface area contributed by atoms with Crippen LogP contribution in [0.25, 0.3) is 0 Å². The summed E-state index contributed by atoms with van der Waals surface area (Å²) in [5, 5.41) is 7.49. The van der Waals surface area contributed by atoms with Crippen LogP contribution >= 0.6 is 27.7 Å². The minimum atomic E-state index is 0.239. The standard InChI is InChI=1S/C14H16BrN3OS/c15-10-4-6-11(7-5-10)20-9-13-17-14(19-18-13)12-3-1-2-8-16-12/h4-7,12,16H,1-3,8-9H2/t12-/m1/s1. The molecule has 20 heavy (non-hydrogen) atoms. The third-order valence-corrected chi connectivity index (χ3v) is 4.81. The summed E-state index contributed by atoms with van der Waals surface area (Å²) < 4.78 is 6.46. The van der Waals surface area contributed by atoms with E-state index in [1.807, 2.05) is 12.1 Å². The summed E-state index contributed by atoms with van der Waals surface area (Å²) in [5.41, 5.74) is 0. The monoisotopic (exact) mass is 353 g/mol. The van der Waals surface area contributed by atoms with E-state index >= 15 is 0 Å². The molecule has 1 aromatic heterocycles. The third-order valence-electron chi connectivity index (χ3n) is 3.27. The SMILES string of the molecule is Brc1ccc(SCc2noc([C@H]3CCCCN3)n2)cc1. The van der Waals surface area contributed by atoms with Crippen molar-refractivity contribution in [3.05, 3.63) is 40.5 Å². The van der Waals surface area contributed by atoms with Crippen molar-refractivity contribution >= 4 is 27.7 Å². The van der Waals surface area contributed by atoms with Crippen molar-refractivity contribution in [3.8, 4) is 0 Å². The lowest BCUT2D eigenvalue weighted by Crippen LogP contribution is -2.26. The molecule has 1 saturated heterocycles. The molecule has 1 aliphatic heterocycles. The number of thioether (sulfide) groups is 1. The van der Waals surface area contributed by atoms with Gasteiger partial charge in [-0.2, -0.15) is 4.98 Å². The Morgan fingerprint density at radius 3 is 2.90 bits per heavy atom. The van der Waals surface area contributed by atoms with E-state index in [1.165, 1.54) is 17.7 Å². The van der Waals surface area contributed by atoms with Crippen molar-refractivity contribution in [1.82, 2.24) is 15.5 Å². The Morgan fingerprint density at radius 1 is 1.30 bits per heavy atom. The van der Waals surface area contributed by atoms with Crippen LogP contribution in [-0.4, -0.2) is 16.7 Å². The smallest absolute Gasteiger partial charge is 0.243 e. The molecular formula is C14H16BrN3OS. The van der Waals surface area contributed by atoms with E-state index in [9.17, 15) is 0 Å². The summed E-state index contributed by atoms with van der Waals surface area (Å²) in [6.45, 7) is 1.04. The predicted molar refractivity (Wildman–Crippen MR) is 82.6 cm³/mol. The summed E-state index contributed by atoms with van der Waals surface area (Å²) in [4.78, 5) is 5.70. The summed E-state index contributed by atoms with van der Waals surface area (Å²) in [7, 11) is 0. The lowest BCUT2D eigenvalue weighted by molar-refractivity contribution is 0.296. The Bertz CT molecular complexity index is 552. The maximum atomic E-state index is 5.37. The Labute approximate surface area is 130 Å². The molecule has 1 fully saturated rings. The minimum absolute atomic E-state index is 0.239. The van der Waals surface area contributed by atoms with E-state index < -0.39 is 0 Å². The maximum Gasteiger partial charge on any atom is 0.243 e. The molecule has 4 nitrogen and oxygen atoms in total. The summed E-state index contributed by atoms with van der Waals surface area (Å²) in [6, 6.07) is 8.48. The van der Waals surface area contributed by atoms with Gasteiger partial charge in [-0.25, -0.2) is 0 Å². The molecule has 0 saturated carbocycles. The average Bonchev–Trinajstić information content (AvgIpc) is 2.97. The van der Waals surface area contributed by atoms with Crippen LogP contribution in [0.3, 0.4) is 0 Å². The highest BCUT2D eigenvalue weighted by molar-refractivity contribution is 9.10. The normalized spacial score (nSPS) is 19.1. The number of halogens is 1. The van der Waals surface area contributed by atoms with E-state index in [-0.39, 0.29) is 6.04 Å². The second kappa shape index (κ2) is 6.74. The molecule has 2 aromatic rings. The van der Waals surface area contributed by atoms with Crippen LogP contribution in [0.2, 0.25) is 0 Å². The van der Waals surface area contributed by atoms with Crippen LogP contribution in [0.1, 0.15) is 37.0 Å². The van der Waals surface area contributed by atoms with Crippen molar-refractivity contribution in [3.63, 3.8) is 0 Å². The fourth-order valence-electron chi connectivity index (χ4n) is 2.21. The van der Waals surface area contributed by atoms with Crippen LogP contribution in [0.4, 0.5) is 0 Å². The first-order chi connectivity index (χ1) is 9.81. The Balaban J connectivity index is 1.58. The molecule has 0 radical (unpaired) electrons. The van der Waals surface area contributed by atoms with E-state index in [2.05, 4.69) is 43.5 Å². The molecule has 0 unspecified atom stereocenters. The van der Waals surface area contributed by atoms with Gasteiger partial charge < -0.3 is 9.84 Å². The zero-order valence-electron chi connectivity index (χ0n) is 11.0. The second-order valence-corrected chi connectivity index (χ2v) is 6.76. The fourth-order valence-corrected chi connectivity index (χ4v) is 3.21. The highest BCUT2D eigenvalue weighted by Gasteiger charge is 2.20. The zero-order valence-corrected chi connectivity index (χ0v) is 13.4. The van der Waals surface area contributed by atoms with Crippen LogP contribution in [0.15, 0.2) is 38.2 Å². The van der Waals surface area contributed by atoms with Gasteiger partial charge in [0.25, 0.3) is 0 Å². The van der Waals surface area contributed by atoms with Crippen molar-refractivity contribution in [2.24, 2.45) is 0 Å². The van der Waals surface area contributed by atoms with Crippen LogP contribution < -0.4 is 5.32 Å². The molecule has 0 aliphatic carbocycles.